The molecule has 2 aromatic heterocycles. The number of pyridine rings is 2. The molecule has 1 fully saturated rings. The van der Waals surface area contributed by atoms with Gasteiger partial charge in [-0.3, -0.25) is 9.78 Å². The summed E-state index contributed by atoms with van der Waals surface area (Å²) in [5, 5.41) is 0.626. The van der Waals surface area contributed by atoms with Crippen molar-refractivity contribution >= 4 is 22.4 Å². The monoisotopic (exact) mass is 285 g/mol. The number of hydrogen-bond acceptors (Lipinski definition) is 4. The van der Waals surface area contributed by atoms with Crippen molar-refractivity contribution < 1.29 is 4.74 Å². The van der Waals surface area contributed by atoms with Crippen molar-refractivity contribution in [3.05, 3.63) is 40.8 Å². The van der Waals surface area contributed by atoms with Crippen LogP contribution >= 0.6 is 0 Å². The zero-order valence-electron chi connectivity index (χ0n) is 12.4. The maximum Gasteiger partial charge on any atom is 0.193 e. The normalized spacial score (nSPS) is 15.4. The van der Waals surface area contributed by atoms with Crippen molar-refractivity contribution in [2.24, 2.45) is 0 Å². The Labute approximate surface area is 123 Å². The van der Waals surface area contributed by atoms with Crippen LogP contribution in [0.3, 0.4) is 0 Å². The highest BCUT2D eigenvalue weighted by atomic mass is 16.5. The number of nitrogens with zero attached hydrogens (tertiary/aromatic N) is 3. The molecule has 0 amide bonds. The van der Waals surface area contributed by atoms with E-state index in [1.807, 2.05) is 24.5 Å². The predicted octanol–water partition coefficient (Wildman–Crippen LogP) is 2.03. The van der Waals surface area contributed by atoms with E-state index in [9.17, 15) is 4.79 Å². The second-order valence-corrected chi connectivity index (χ2v) is 5.38. The number of fused-ring (bicyclic) bond motifs is 1. The van der Waals surface area contributed by atoms with Crippen LogP contribution in [0.4, 0.5) is 5.82 Å². The standard InChI is InChI=1S/C16H19N3O2/c1-11(2)19-14-8-12(3)17-10-13(14)15(20)9-16(19)18-4-6-21-7-5-18/h8-10H,1,4-7H2,2-3H3. The molecule has 1 aliphatic heterocycles. The highest BCUT2D eigenvalue weighted by molar-refractivity contribution is 5.84. The third-order valence-electron chi connectivity index (χ3n) is 3.73. The number of aryl methyl sites for hydroxylation is 1. The fraction of sp³-hybridized carbons (Fsp3) is 0.375. The topological polar surface area (TPSA) is 47.4 Å². The minimum absolute atomic E-state index is 0.00325. The summed E-state index contributed by atoms with van der Waals surface area (Å²) in [7, 11) is 0. The molecule has 21 heavy (non-hydrogen) atoms. The van der Waals surface area contributed by atoms with Crippen molar-refractivity contribution in [2.75, 3.05) is 31.2 Å². The Morgan fingerprint density at radius 2 is 2.05 bits per heavy atom. The lowest BCUT2D eigenvalue weighted by Gasteiger charge is -2.31. The molecule has 3 rings (SSSR count). The first-order valence-electron chi connectivity index (χ1n) is 7.09. The number of allylic oxidation sites excluding steroid dienone is 1. The van der Waals surface area contributed by atoms with Crippen molar-refractivity contribution in [3.63, 3.8) is 0 Å². The van der Waals surface area contributed by atoms with Gasteiger partial charge in [0.05, 0.1) is 24.1 Å². The molecule has 5 heteroatoms. The smallest absolute Gasteiger partial charge is 0.193 e. The Hall–Kier alpha value is -2.14. The molecule has 0 unspecified atom stereocenters. The molecular formula is C16H19N3O2. The quantitative estimate of drug-likeness (QED) is 0.847. The molecule has 0 aliphatic carbocycles. The van der Waals surface area contributed by atoms with Crippen molar-refractivity contribution in [2.45, 2.75) is 13.8 Å². The van der Waals surface area contributed by atoms with Gasteiger partial charge >= 0.3 is 0 Å². The zero-order chi connectivity index (χ0) is 15.0. The third-order valence-corrected chi connectivity index (χ3v) is 3.73. The van der Waals surface area contributed by atoms with E-state index in [0.717, 1.165) is 35.8 Å². The van der Waals surface area contributed by atoms with Gasteiger partial charge in [0.15, 0.2) is 5.43 Å². The number of morpholine rings is 1. The lowest BCUT2D eigenvalue weighted by Crippen LogP contribution is -2.38. The summed E-state index contributed by atoms with van der Waals surface area (Å²) in [5.74, 6) is 0.883. The molecule has 0 radical (unpaired) electrons. The van der Waals surface area contributed by atoms with E-state index < -0.39 is 0 Å². The van der Waals surface area contributed by atoms with Crippen molar-refractivity contribution in [3.8, 4) is 0 Å². The molecule has 0 spiro atoms. The van der Waals surface area contributed by atoms with Gasteiger partial charge < -0.3 is 14.2 Å². The molecule has 110 valence electrons. The first kappa shape index (κ1) is 13.8. The van der Waals surface area contributed by atoms with Crippen LogP contribution in [0, 0.1) is 6.92 Å². The first-order chi connectivity index (χ1) is 10.1. The largest absolute Gasteiger partial charge is 0.378 e. The van der Waals surface area contributed by atoms with Gasteiger partial charge in [0.1, 0.15) is 5.82 Å². The molecule has 1 saturated heterocycles. The van der Waals surface area contributed by atoms with Crippen LogP contribution in [0.25, 0.3) is 16.6 Å². The van der Waals surface area contributed by atoms with E-state index in [2.05, 4.69) is 16.5 Å². The molecule has 3 heterocycles. The molecule has 0 bridgehead atoms. The van der Waals surface area contributed by atoms with Gasteiger partial charge in [0, 0.05) is 36.7 Å². The van der Waals surface area contributed by atoms with Crippen LogP contribution in [0.2, 0.25) is 0 Å². The fourth-order valence-corrected chi connectivity index (χ4v) is 2.73. The molecule has 0 saturated carbocycles. The number of anilines is 1. The van der Waals surface area contributed by atoms with E-state index in [1.165, 1.54) is 0 Å². The summed E-state index contributed by atoms with van der Waals surface area (Å²) in [5.41, 5.74) is 2.63. The summed E-state index contributed by atoms with van der Waals surface area (Å²) in [6, 6.07) is 3.62. The number of hydrogen-bond donors (Lipinski definition) is 0. The Balaban J connectivity index is 2.30. The van der Waals surface area contributed by atoms with Crippen LogP contribution in [0.5, 0.6) is 0 Å². The summed E-state index contributed by atoms with van der Waals surface area (Å²) < 4.78 is 7.44. The predicted molar refractivity (Wildman–Crippen MR) is 84.8 cm³/mol. The Morgan fingerprint density at radius 3 is 2.71 bits per heavy atom. The van der Waals surface area contributed by atoms with E-state index in [1.54, 1.807) is 12.3 Å². The lowest BCUT2D eigenvalue weighted by molar-refractivity contribution is 0.122. The molecule has 0 atom stereocenters. The van der Waals surface area contributed by atoms with Gasteiger partial charge in [-0.15, -0.1) is 0 Å². The molecule has 0 aromatic carbocycles. The van der Waals surface area contributed by atoms with Crippen LogP contribution in [0.15, 0.2) is 29.7 Å². The first-order valence-corrected chi connectivity index (χ1v) is 7.09. The maximum absolute atomic E-state index is 12.4. The van der Waals surface area contributed by atoms with Crippen LogP contribution in [-0.2, 0) is 4.74 Å². The molecule has 0 N–H and O–H groups in total. The van der Waals surface area contributed by atoms with Gasteiger partial charge in [-0.05, 0) is 19.9 Å². The second-order valence-electron chi connectivity index (χ2n) is 5.38. The van der Waals surface area contributed by atoms with Gasteiger partial charge in [-0.2, -0.15) is 0 Å². The zero-order valence-corrected chi connectivity index (χ0v) is 12.4. The lowest BCUT2D eigenvalue weighted by atomic mass is 10.2. The van der Waals surface area contributed by atoms with Crippen molar-refractivity contribution in [1.82, 2.24) is 9.55 Å². The molecule has 5 nitrogen and oxygen atoms in total. The summed E-state index contributed by atoms with van der Waals surface area (Å²) >= 11 is 0. The van der Waals surface area contributed by atoms with E-state index in [4.69, 9.17) is 4.74 Å². The van der Waals surface area contributed by atoms with E-state index >= 15 is 0 Å². The SMILES string of the molecule is C=C(C)n1c(N2CCOCC2)cc(=O)c2cnc(C)cc21. The summed E-state index contributed by atoms with van der Waals surface area (Å²) in [4.78, 5) is 18.8. The number of ether oxygens (including phenoxy) is 1. The van der Waals surface area contributed by atoms with Crippen LogP contribution in [0.1, 0.15) is 12.6 Å². The maximum atomic E-state index is 12.4. The summed E-state index contributed by atoms with van der Waals surface area (Å²) in [6.45, 7) is 10.9. The summed E-state index contributed by atoms with van der Waals surface area (Å²) in [6.07, 6.45) is 1.65. The van der Waals surface area contributed by atoms with Gasteiger partial charge in [0.25, 0.3) is 0 Å². The van der Waals surface area contributed by atoms with Gasteiger partial charge in [0.2, 0.25) is 0 Å². The Morgan fingerprint density at radius 1 is 1.33 bits per heavy atom. The minimum atomic E-state index is -0.00325. The van der Waals surface area contributed by atoms with Gasteiger partial charge in [-0.1, -0.05) is 6.58 Å². The fourth-order valence-electron chi connectivity index (χ4n) is 2.73. The van der Waals surface area contributed by atoms with Crippen molar-refractivity contribution in [1.29, 1.82) is 0 Å². The Kier molecular flexibility index (Phi) is 3.51. The highest BCUT2D eigenvalue weighted by Gasteiger charge is 2.18. The van der Waals surface area contributed by atoms with E-state index in [-0.39, 0.29) is 5.43 Å². The average molecular weight is 285 g/mol. The molecule has 1 aliphatic rings. The molecule has 2 aromatic rings. The number of aromatic nitrogens is 2. The number of rotatable bonds is 2. The minimum Gasteiger partial charge on any atom is -0.378 e. The van der Waals surface area contributed by atoms with Crippen LogP contribution < -0.4 is 10.3 Å². The third kappa shape index (κ3) is 2.45. The van der Waals surface area contributed by atoms with E-state index in [0.29, 0.717) is 18.6 Å². The van der Waals surface area contributed by atoms with Crippen LogP contribution in [-0.4, -0.2) is 35.9 Å². The highest BCUT2D eigenvalue weighted by Crippen LogP contribution is 2.24. The van der Waals surface area contributed by atoms with Gasteiger partial charge in [-0.25, -0.2) is 0 Å². The second kappa shape index (κ2) is 5.33. The average Bonchev–Trinajstić information content (AvgIpc) is 2.47. The molecular weight excluding hydrogens is 266 g/mol. The Bertz CT molecular complexity index is 758.